The van der Waals surface area contributed by atoms with E-state index in [2.05, 4.69) is 21.5 Å². The van der Waals surface area contributed by atoms with Crippen LogP contribution in [-0.2, 0) is 11.2 Å². The van der Waals surface area contributed by atoms with Crippen molar-refractivity contribution in [3.63, 3.8) is 0 Å². The summed E-state index contributed by atoms with van der Waals surface area (Å²) in [6.45, 7) is 0.523. The topological polar surface area (TPSA) is 76.2 Å². The molecule has 1 amide bonds. The van der Waals surface area contributed by atoms with Crippen molar-refractivity contribution in [2.45, 2.75) is 31.3 Å². The quantitative estimate of drug-likeness (QED) is 0.758. The Bertz CT molecular complexity index is 811. The molecule has 0 saturated heterocycles. The highest BCUT2D eigenvalue weighted by atomic mass is 16.5. The fourth-order valence-electron chi connectivity index (χ4n) is 2.69. The number of benzene rings is 1. The molecule has 0 aliphatic carbocycles. The Balaban J connectivity index is 1.53. The Hall–Kier alpha value is -2.81. The van der Waals surface area contributed by atoms with E-state index < -0.39 is 0 Å². The molecule has 0 bridgehead atoms. The van der Waals surface area contributed by atoms with Gasteiger partial charge < -0.3 is 14.5 Å². The van der Waals surface area contributed by atoms with E-state index in [9.17, 15) is 4.79 Å². The van der Waals surface area contributed by atoms with Gasteiger partial charge in [0.2, 0.25) is 5.91 Å². The highest BCUT2D eigenvalue weighted by Crippen LogP contribution is 2.36. The van der Waals surface area contributed by atoms with E-state index in [-0.39, 0.29) is 18.0 Å². The summed E-state index contributed by atoms with van der Waals surface area (Å²) in [6, 6.07) is 5.62. The van der Waals surface area contributed by atoms with Crippen molar-refractivity contribution < 1.29 is 13.9 Å². The van der Waals surface area contributed by atoms with Gasteiger partial charge in [-0.25, -0.2) is 0 Å². The smallest absolute Gasteiger partial charge is 0.224 e. The normalized spacial score (nSPS) is 14.3. The van der Waals surface area contributed by atoms with Crippen LogP contribution in [0, 0.1) is 12.3 Å². The molecule has 2 aromatic rings. The number of methoxy groups -OCH3 is 1. The van der Waals surface area contributed by atoms with E-state index >= 15 is 0 Å². The molecule has 24 heavy (non-hydrogen) atoms. The predicted octanol–water partition coefficient (Wildman–Crippen LogP) is 3.07. The lowest BCUT2D eigenvalue weighted by Crippen LogP contribution is -2.29. The number of carbonyl (C=O) groups is 1. The molecule has 6 heteroatoms. The SMILES string of the molecule is C#CCCC1(CCNC(=O)Cc2coc3c(OC)cccc23)N=N1. The highest BCUT2D eigenvalue weighted by Gasteiger charge is 2.38. The number of nitrogens with zero attached hydrogens (tertiary/aromatic N) is 2. The van der Waals surface area contributed by atoms with Crippen LogP contribution in [0.15, 0.2) is 39.1 Å². The van der Waals surface area contributed by atoms with Gasteiger partial charge in [0.05, 0.1) is 19.8 Å². The minimum atomic E-state index is -0.366. The Kier molecular flexibility index (Phi) is 4.52. The Morgan fingerprint density at radius 2 is 2.25 bits per heavy atom. The number of amides is 1. The first-order chi connectivity index (χ1) is 11.7. The number of ether oxygens (including phenoxy) is 1. The van der Waals surface area contributed by atoms with Gasteiger partial charge in [0.15, 0.2) is 17.0 Å². The molecule has 6 nitrogen and oxygen atoms in total. The molecule has 0 fully saturated rings. The molecule has 0 saturated carbocycles. The van der Waals surface area contributed by atoms with Crippen LogP contribution in [0.5, 0.6) is 5.75 Å². The minimum absolute atomic E-state index is 0.0618. The number of carbonyl (C=O) groups excluding carboxylic acids is 1. The third-order valence-electron chi connectivity index (χ3n) is 4.11. The maximum Gasteiger partial charge on any atom is 0.224 e. The van der Waals surface area contributed by atoms with Gasteiger partial charge in [0.25, 0.3) is 0 Å². The zero-order chi connectivity index (χ0) is 17.0. The van der Waals surface area contributed by atoms with Crippen molar-refractivity contribution in [3.8, 4) is 18.1 Å². The van der Waals surface area contributed by atoms with Crippen molar-refractivity contribution >= 4 is 16.9 Å². The molecule has 1 N–H and O–H groups in total. The summed E-state index contributed by atoms with van der Waals surface area (Å²) < 4.78 is 10.8. The van der Waals surface area contributed by atoms with Crippen molar-refractivity contribution in [2.75, 3.05) is 13.7 Å². The van der Waals surface area contributed by atoms with Crippen molar-refractivity contribution in [2.24, 2.45) is 10.2 Å². The van der Waals surface area contributed by atoms with Crippen LogP contribution in [0.2, 0.25) is 0 Å². The van der Waals surface area contributed by atoms with Gasteiger partial charge in [-0.1, -0.05) is 12.1 Å². The number of fused-ring (bicyclic) bond motifs is 1. The summed E-state index contributed by atoms with van der Waals surface area (Å²) in [7, 11) is 1.59. The zero-order valence-corrected chi connectivity index (χ0v) is 13.5. The molecule has 3 rings (SSSR count). The van der Waals surface area contributed by atoms with E-state index in [0.29, 0.717) is 30.7 Å². The molecule has 1 aromatic heterocycles. The molecule has 1 aliphatic rings. The highest BCUT2D eigenvalue weighted by molar-refractivity contribution is 5.90. The lowest BCUT2D eigenvalue weighted by atomic mass is 10.0. The van der Waals surface area contributed by atoms with Crippen LogP contribution in [0.25, 0.3) is 11.0 Å². The van der Waals surface area contributed by atoms with Crippen LogP contribution in [0.1, 0.15) is 24.8 Å². The van der Waals surface area contributed by atoms with E-state index in [1.165, 1.54) is 0 Å². The molecular formula is C18H19N3O3. The number of furan rings is 1. The Morgan fingerprint density at radius 1 is 1.42 bits per heavy atom. The van der Waals surface area contributed by atoms with Crippen LogP contribution in [0.4, 0.5) is 0 Å². The third-order valence-corrected chi connectivity index (χ3v) is 4.11. The van der Waals surface area contributed by atoms with Gasteiger partial charge in [-0.2, -0.15) is 10.2 Å². The summed E-state index contributed by atoms with van der Waals surface area (Å²) in [5, 5.41) is 11.9. The van der Waals surface area contributed by atoms with E-state index in [0.717, 1.165) is 17.4 Å². The van der Waals surface area contributed by atoms with Gasteiger partial charge in [-0.05, 0) is 6.07 Å². The van der Waals surface area contributed by atoms with Crippen LogP contribution in [-0.4, -0.2) is 25.2 Å². The van der Waals surface area contributed by atoms with Crippen molar-refractivity contribution in [3.05, 3.63) is 30.0 Å². The van der Waals surface area contributed by atoms with Crippen molar-refractivity contribution in [1.29, 1.82) is 0 Å². The number of para-hydroxylation sites is 1. The number of hydrogen-bond donors (Lipinski definition) is 1. The number of terminal acetylenes is 1. The van der Waals surface area contributed by atoms with Gasteiger partial charge in [0.1, 0.15) is 0 Å². The molecule has 0 radical (unpaired) electrons. The molecule has 1 aromatic carbocycles. The summed E-state index contributed by atoms with van der Waals surface area (Å²) in [5.41, 5.74) is 1.13. The second-order valence-electron chi connectivity index (χ2n) is 5.76. The Labute approximate surface area is 140 Å². The lowest BCUT2D eigenvalue weighted by molar-refractivity contribution is -0.120. The molecular weight excluding hydrogens is 306 g/mol. The average molecular weight is 325 g/mol. The number of hydrogen-bond acceptors (Lipinski definition) is 5. The van der Waals surface area contributed by atoms with E-state index in [1.807, 2.05) is 18.2 Å². The zero-order valence-electron chi connectivity index (χ0n) is 13.5. The van der Waals surface area contributed by atoms with Crippen LogP contribution >= 0.6 is 0 Å². The molecule has 0 atom stereocenters. The molecule has 1 aliphatic heterocycles. The fourth-order valence-corrected chi connectivity index (χ4v) is 2.69. The fraction of sp³-hybridized carbons (Fsp3) is 0.389. The first kappa shape index (κ1) is 16.1. The average Bonchev–Trinajstić information content (AvgIpc) is 3.25. The van der Waals surface area contributed by atoms with E-state index in [4.69, 9.17) is 15.6 Å². The monoisotopic (exact) mass is 325 g/mol. The first-order valence-electron chi connectivity index (χ1n) is 7.85. The summed E-state index contributed by atoms with van der Waals surface area (Å²) >= 11 is 0. The predicted molar refractivity (Wildman–Crippen MR) is 89.8 cm³/mol. The number of nitrogens with one attached hydrogen (secondary N) is 1. The lowest BCUT2D eigenvalue weighted by Gasteiger charge is -2.09. The van der Waals surface area contributed by atoms with Crippen LogP contribution < -0.4 is 10.1 Å². The summed E-state index contributed by atoms with van der Waals surface area (Å²) in [4.78, 5) is 12.2. The largest absolute Gasteiger partial charge is 0.493 e. The molecule has 0 spiro atoms. The molecule has 124 valence electrons. The maximum absolute atomic E-state index is 12.2. The van der Waals surface area contributed by atoms with Gasteiger partial charge in [-0.15, -0.1) is 12.3 Å². The summed E-state index contributed by atoms with van der Waals surface area (Å²) in [6.07, 6.45) is 9.19. The van der Waals surface area contributed by atoms with Crippen molar-refractivity contribution in [1.82, 2.24) is 5.32 Å². The second-order valence-corrected chi connectivity index (χ2v) is 5.76. The van der Waals surface area contributed by atoms with Gasteiger partial charge >= 0.3 is 0 Å². The summed E-state index contributed by atoms with van der Waals surface area (Å²) in [5.74, 6) is 3.19. The number of rotatable bonds is 8. The minimum Gasteiger partial charge on any atom is -0.493 e. The molecule has 2 heterocycles. The van der Waals surface area contributed by atoms with Gasteiger partial charge in [0, 0.05) is 36.8 Å². The van der Waals surface area contributed by atoms with Crippen LogP contribution in [0.3, 0.4) is 0 Å². The Morgan fingerprint density at radius 3 is 2.96 bits per heavy atom. The third kappa shape index (κ3) is 3.40. The van der Waals surface area contributed by atoms with Gasteiger partial charge in [-0.3, -0.25) is 4.79 Å². The van der Waals surface area contributed by atoms with E-state index in [1.54, 1.807) is 13.4 Å². The first-order valence-corrected chi connectivity index (χ1v) is 7.85. The standard InChI is InChI=1S/C18H19N3O3/c1-3-4-8-18(20-21-18)9-10-19-16(22)11-13-12-24-17-14(13)6-5-7-15(17)23-2/h1,5-7,12H,4,8-11H2,2H3,(H,19,22). The maximum atomic E-state index is 12.2. The second kappa shape index (κ2) is 6.75. The molecule has 0 unspecified atom stereocenters.